The zero-order valence-corrected chi connectivity index (χ0v) is 13.4. The van der Waals surface area contributed by atoms with E-state index in [-0.39, 0.29) is 6.10 Å². The van der Waals surface area contributed by atoms with E-state index in [1.165, 1.54) is 57.8 Å². The number of rotatable bonds is 3. The summed E-state index contributed by atoms with van der Waals surface area (Å²) >= 11 is 0. The standard InChI is InChI=1S/C17H35NO/c1-4-18(15(2)3)16-13-11-9-7-5-6-8-10-12-14-17(16)19/h15-17,19H,4-14H2,1-3H3. The van der Waals surface area contributed by atoms with Crippen LogP contribution in [0.1, 0.15) is 85.0 Å². The Morgan fingerprint density at radius 3 is 1.84 bits per heavy atom. The Morgan fingerprint density at radius 2 is 1.37 bits per heavy atom. The van der Waals surface area contributed by atoms with Crippen molar-refractivity contribution in [1.82, 2.24) is 4.90 Å². The van der Waals surface area contributed by atoms with Gasteiger partial charge in [0.2, 0.25) is 0 Å². The van der Waals surface area contributed by atoms with Crippen LogP contribution in [-0.4, -0.2) is 34.7 Å². The minimum absolute atomic E-state index is 0.123. The van der Waals surface area contributed by atoms with Crippen molar-refractivity contribution in [1.29, 1.82) is 0 Å². The van der Waals surface area contributed by atoms with Crippen molar-refractivity contribution in [2.24, 2.45) is 0 Å². The summed E-state index contributed by atoms with van der Waals surface area (Å²) in [4.78, 5) is 2.50. The van der Waals surface area contributed by atoms with Crippen molar-refractivity contribution in [3.05, 3.63) is 0 Å². The summed E-state index contributed by atoms with van der Waals surface area (Å²) in [5.74, 6) is 0. The number of nitrogens with zero attached hydrogens (tertiary/aromatic N) is 1. The lowest BCUT2D eigenvalue weighted by Crippen LogP contribution is -2.47. The first-order chi connectivity index (χ1) is 9.16. The third-order valence-corrected chi connectivity index (χ3v) is 4.65. The maximum Gasteiger partial charge on any atom is 0.0695 e. The molecule has 1 rings (SSSR count). The number of hydrogen-bond donors (Lipinski definition) is 1. The van der Waals surface area contributed by atoms with Crippen molar-refractivity contribution >= 4 is 0 Å². The summed E-state index contributed by atoms with van der Waals surface area (Å²) in [6.45, 7) is 7.79. The van der Waals surface area contributed by atoms with Gasteiger partial charge in [-0.15, -0.1) is 0 Å². The number of hydrogen-bond acceptors (Lipinski definition) is 2. The summed E-state index contributed by atoms with van der Waals surface area (Å²) in [6, 6.07) is 0.919. The predicted molar refractivity (Wildman–Crippen MR) is 83.5 cm³/mol. The molecule has 0 bridgehead atoms. The molecule has 19 heavy (non-hydrogen) atoms. The van der Waals surface area contributed by atoms with E-state index in [1.807, 2.05) is 0 Å². The van der Waals surface area contributed by atoms with Gasteiger partial charge in [0.25, 0.3) is 0 Å². The molecular formula is C17H35NO. The smallest absolute Gasteiger partial charge is 0.0695 e. The molecule has 1 fully saturated rings. The van der Waals surface area contributed by atoms with Gasteiger partial charge in [-0.25, -0.2) is 0 Å². The van der Waals surface area contributed by atoms with Crippen LogP contribution < -0.4 is 0 Å². The fourth-order valence-corrected chi connectivity index (χ4v) is 3.52. The molecule has 0 radical (unpaired) electrons. The fourth-order valence-electron chi connectivity index (χ4n) is 3.52. The summed E-state index contributed by atoms with van der Waals surface area (Å²) in [5.41, 5.74) is 0. The molecule has 0 amide bonds. The van der Waals surface area contributed by atoms with Crippen molar-refractivity contribution in [3.63, 3.8) is 0 Å². The molecule has 1 N–H and O–H groups in total. The molecule has 2 unspecified atom stereocenters. The van der Waals surface area contributed by atoms with Gasteiger partial charge < -0.3 is 5.11 Å². The molecule has 0 aromatic carbocycles. The zero-order chi connectivity index (χ0) is 14.1. The molecule has 1 saturated carbocycles. The molecule has 0 heterocycles. The van der Waals surface area contributed by atoms with Gasteiger partial charge in [0.15, 0.2) is 0 Å². The largest absolute Gasteiger partial charge is 0.391 e. The second kappa shape index (κ2) is 9.77. The van der Waals surface area contributed by atoms with Crippen LogP contribution in [0, 0.1) is 0 Å². The maximum atomic E-state index is 10.6. The monoisotopic (exact) mass is 269 g/mol. The van der Waals surface area contributed by atoms with Crippen LogP contribution in [0.3, 0.4) is 0 Å². The average Bonchev–Trinajstić information content (AvgIpc) is 2.37. The number of aliphatic hydroxyl groups is 1. The summed E-state index contributed by atoms with van der Waals surface area (Å²) in [6.07, 6.45) is 12.7. The molecule has 114 valence electrons. The number of aliphatic hydroxyl groups excluding tert-OH is 1. The van der Waals surface area contributed by atoms with E-state index in [1.54, 1.807) is 0 Å². The van der Waals surface area contributed by atoms with E-state index < -0.39 is 0 Å². The molecule has 2 atom stereocenters. The Hall–Kier alpha value is -0.0800. The van der Waals surface area contributed by atoms with E-state index in [9.17, 15) is 5.11 Å². The van der Waals surface area contributed by atoms with Gasteiger partial charge in [-0.2, -0.15) is 0 Å². The normalized spacial score (nSPS) is 28.1. The van der Waals surface area contributed by atoms with Crippen molar-refractivity contribution < 1.29 is 5.11 Å². The minimum atomic E-state index is -0.123. The van der Waals surface area contributed by atoms with Crippen molar-refractivity contribution in [2.75, 3.05) is 6.54 Å². The fraction of sp³-hybridized carbons (Fsp3) is 1.00. The first kappa shape index (κ1) is 17.0. The topological polar surface area (TPSA) is 23.5 Å². The molecule has 1 aliphatic rings. The lowest BCUT2D eigenvalue weighted by molar-refractivity contribution is 0.0221. The highest BCUT2D eigenvalue weighted by Crippen LogP contribution is 2.22. The molecule has 0 spiro atoms. The molecule has 2 heteroatoms. The highest BCUT2D eigenvalue weighted by molar-refractivity contribution is 4.81. The van der Waals surface area contributed by atoms with Crippen molar-refractivity contribution in [3.8, 4) is 0 Å². The predicted octanol–water partition coefficient (Wildman–Crippen LogP) is 4.36. The summed E-state index contributed by atoms with van der Waals surface area (Å²) in [5, 5.41) is 10.6. The Morgan fingerprint density at radius 1 is 0.895 bits per heavy atom. The van der Waals surface area contributed by atoms with Gasteiger partial charge in [-0.3, -0.25) is 4.90 Å². The van der Waals surface area contributed by atoms with Gasteiger partial charge in [-0.05, 0) is 33.2 Å². The van der Waals surface area contributed by atoms with Crippen LogP contribution in [0.4, 0.5) is 0 Å². The third-order valence-electron chi connectivity index (χ3n) is 4.65. The third kappa shape index (κ3) is 6.27. The molecule has 0 aromatic heterocycles. The van der Waals surface area contributed by atoms with Crippen LogP contribution in [0.15, 0.2) is 0 Å². The van der Waals surface area contributed by atoms with Gasteiger partial charge in [0.05, 0.1) is 6.10 Å². The second-order valence-electron chi connectivity index (χ2n) is 6.46. The maximum absolute atomic E-state index is 10.6. The zero-order valence-electron chi connectivity index (χ0n) is 13.4. The van der Waals surface area contributed by atoms with Crippen LogP contribution in [0.5, 0.6) is 0 Å². The lowest BCUT2D eigenvalue weighted by Gasteiger charge is -2.37. The average molecular weight is 269 g/mol. The number of likely N-dealkylation sites (N-methyl/N-ethyl adjacent to an activating group) is 1. The second-order valence-corrected chi connectivity index (χ2v) is 6.46. The highest BCUT2D eigenvalue weighted by Gasteiger charge is 2.26. The molecule has 0 saturated heterocycles. The van der Waals surface area contributed by atoms with Crippen LogP contribution in [0.25, 0.3) is 0 Å². The van der Waals surface area contributed by atoms with E-state index in [0.717, 1.165) is 13.0 Å². The van der Waals surface area contributed by atoms with E-state index in [2.05, 4.69) is 25.7 Å². The highest BCUT2D eigenvalue weighted by atomic mass is 16.3. The van der Waals surface area contributed by atoms with Crippen molar-refractivity contribution in [2.45, 2.75) is 103 Å². The van der Waals surface area contributed by atoms with Crippen LogP contribution >= 0.6 is 0 Å². The van der Waals surface area contributed by atoms with Crippen LogP contribution in [-0.2, 0) is 0 Å². The lowest BCUT2D eigenvalue weighted by atomic mass is 9.94. The molecule has 0 aliphatic heterocycles. The Kier molecular flexibility index (Phi) is 8.72. The minimum Gasteiger partial charge on any atom is -0.391 e. The van der Waals surface area contributed by atoms with E-state index >= 15 is 0 Å². The van der Waals surface area contributed by atoms with Gasteiger partial charge >= 0.3 is 0 Å². The Balaban J connectivity index is 2.59. The molecule has 1 aliphatic carbocycles. The molecule has 2 nitrogen and oxygen atoms in total. The van der Waals surface area contributed by atoms with Gasteiger partial charge in [-0.1, -0.05) is 58.3 Å². The summed E-state index contributed by atoms with van der Waals surface area (Å²) < 4.78 is 0. The SMILES string of the molecule is CCN(C(C)C)C1CCCCCCCCCCC1O. The van der Waals surface area contributed by atoms with E-state index in [0.29, 0.717) is 12.1 Å². The van der Waals surface area contributed by atoms with Gasteiger partial charge in [0, 0.05) is 12.1 Å². The molecular weight excluding hydrogens is 234 g/mol. The Bertz CT molecular complexity index is 217. The molecule has 0 aromatic rings. The first-order valence-corrected chi connectivity index (χ1v) is 8.60. The van der Waals surface area contributed by atoms with Gasteiger partial charge in [0.1, 0.15) is 0 Å². The van der Waals surface area contributed by atoms with E-state index in [4.69, 9.17) is 0 Å². The quantitative estimate of drug-likeness (QED) is 0.823. The first-order valence-electron chi connectivity index (χ1n) is 8.60. The summed E-state index contributed by atoms with van der Waals surface area (Å²) in [7, 11) is 0. The Labute approximate surface area is 120 Å². The van der Waals surface area contributed by atoms with Crippen LogP contribution in [0.2, 0.25) is 0 Å².